The number of allylic oxidation sites excluding steroid dienone is 1. The van der Waals surface area contributed by atoms with Crippen molar-refractivity contribution in [1.29, 1.82) is 0 Å². The van der Waals surface area contributed by atoms with Crippen molar-refractivity contribution in [2.24, 2.45) is 7.05 Å². The number of hydrogen-bond acceptors (Lipinski definition) is 6. The van der Waals surface area contributed by atoms with E-state index >= 15 is 0 Å². The standard InChI is InChI=1S/C27H24N2O5/c1-16-9-23-21(14-29(15-33-23)13-19-5-4-8-32-19)27-25(16)26(30)24(34-27)10-17-12-28(2)22-7-6-18(31-3)11-20(17)22/h4-12H,13-15H2,1-3H3/b24-10-. The molecule has 0 bridgehead atoms. The summed E-state index contributed by atoms with van der Waals surface area (Å²) in [5.41, 5.74) is 4.28. The van der Waals surface area contributed by atoms with Crippen LogP contribution < -0.4 is 14.2 Å². The van der Waals surface area contributed by atoms with Crippen molar-refractivity contribution < 1.29 is 23.4 Å². The summed E-state index contributed by atoms with van der Waals surface area (Å²) in [6, 6.07) is 11.7. The molecule has 6 rings (SSSR count). The van der Waals surface area contributed by atoms with Crippen LogP contribution in [0.3, 0.4) is 0 Å². The lowest BCUT2D eigenvalue weighted by Gasteiger charge is -2.29. The lowest BCUT2D eigenvalue weighted by Crippen LogP contribution is -2.31. The van der Waals surface area contributed by atoms with Crippen molar-refractivity contribution in [1.82, 2.24) is 9.47 Å². The minimum Gasteiger partial charge on any atom is -0.497 e. The molecule has 2 aromatic heterocycles. The molecule has 172 valence electrons. The molecule has 4 aromatic rings. The zero-order valence-electron chi connectivity index (χ0n) is 19.3. The normalized spacial score (nSPS) is 16.4. The Balaban J connectivity index is 1.38. The number of aryl methyl sites for hydroxylation is 2. The Morgan fingerprint density at radius 1 is 1.21 bits per heavy atom. The fourth-order valence-corrected chi connectivity index (χ4v) is 4.79. The minimum absolute atomic E-state index is 0.113. The Morgan fingerprint density at radius 3 is 2.88 bits per heavy atom. The van der Waals surface area contributed by atoms with Gasteiger partial charge in [0.25, 0.3) is 0 Å². The fraction of sp³-hybridized carbons (Fsp3) is 0.222. The van der Waals surface area contributed by atoms with Gasteiger partial charge in [0.1, 0.15) is 29.7 Å². The fourth-order valence-electron chi connectivity index (χ4n) is 4.79. The Morgan fingerprint density at radius 2 is 2.09 bits per heavy atom. The number of ether oxygens (including phenoxy) is 3. The maximum atomic E-state index is 13.4. The van der Waals surface area contributed by atoms with Gasteiger partial charge in [-0.05, 0) is 55.0 Å². The van der Waals surface area contributed by atoms with Crippen LogP contribution in [0.4, 0.5) is 0 Å². The Bertz CT molecular complexity index is 1460. The molecule has 34 heavy (non-hydrogen) atoms. The van der Waals surface area contributed by atoms with Crippen molar-refractivity contribution in [3.63, 3.8) is 0 Å². The molecule has 7 heteroatoms. The van der Waals surface area contributed by atoms with Crippen LogP contribution in [0.15, 0.2) is 59.0 Å². The Hall–Kier alpha value is -3.97. The zero-order chi connectivity index (χ0) is 23.4. The van der Waals surface area contributed by atoms with E-state index in [0.717, 1.165) is 44.9 Å². The van der Waals surface area contributed by atoms with E-state index in [2.05, 4.69) is 4.90 Å². The third-order valence-corrected chi connectivity index (χ3v) is 6.46. The van der Waals surface area contributed by atoms with Crippen LogP contribution in [0.1, 0.15) is 32.8 Å². The molecule has 0 saturated carbocycles. The summed E-state index contributed by atoms with van der Waals surface area (Å²) < 4.78 is 25.2. The van der Waals surface area contributed by atoms with Crippen LogP contribution in [-0.2, 0) is 20.1 Å². The first-order chi connectivity index (χ1) is 16.5. The number of fused-ring (bicyclic) bond motifs is 4. The van der Waals surface area contributed by atoms with E-state index in [-0.39, 0.29) is 5.78 Å². The van der Waals surface area contributed by atoms with Gasteiger partial charge >= 0.3 is 0 Å². The van der Waals surface area contributed by atoms with Gasteiger partial charge in [-0.3, -0.25) is 9.69 Å². The molecule has 0 aliphatic carbocycles. The first-order valence-electron chi connectivity index (χ1n) is 11.1. The third-order valence-electron chi connectivity index (χ3n) is 6.46. The first kappa shape index (κ1) is 20.6. The summed E-state index contributed by atoms with van der Waals surface area (Å²) in [6.45, 7) is 3.58. The molecule has 0 unspecified atom stereocenters. The average Bonchev–Trinajstić information content (AvgIpc) is 3.54. The highest BCUT2D eigenvalue weighted by molar-refractivity contribution is 6.16. The van der Waals surface area contributed by atoms with E-state index in [1.165, 1.54) is 0 Å². The predicted octanol–water partition coefficient (Wildman–Crippen LogP) is 5.06. The highest BCUT2D eigenvalue weighted by atomic mass is 16.5. The Labute approximate surface area is 196 Å². The summed E-state index contributed by atoms with van der Waals surface area (Å²) in [4.78, 5) is 15.5. The molecule has 2 aliphatic rings. The number of nitrogens with zero attached hydrogens (tertiary/aromatic N) is 2. The summed E-state index contributed by atoms with van der Waals surface area (Å²) in [7, 11) is 3.63. The van der Waals surface area contributed by atoms with Crippen LogP contribution in [0.25, 0.3) is 17.0 Å². The second-order valence-electron chi connectivity index (χ2n) is 8.73. The van der Waals surface area contributed by atoms with E-state index in [9.17, 15) is 4.79 Å². The van der Waals surface area contributed by atoms with Gasteiger partial charge in [0.2, 0.25) is 5.78 Å². The molecule has 7 nitrogen and oxygen atoms in total. The third kappa shape index (κ3) is 3.28. The number of rotatable bonds is 4. The van der Waals surface area contributed by atoms with E-state index in [1.54, 1.807) is 13.4 Å². The average molecular weight is 456 g/mol. The van der Waals surface area contributed by atoms with Crippen molar-refractivity contribution in [3.8, 4) is 17.2 Å². The van der Waals surface area contributed by atoms with Gasteiger partial charge in [-0.25, -0.2) is 0 Å². The number of ketones is 1. The molecule has 0 spiro atoms. The van der Waals surface area contributed by atoms with Crippen molar-refractivity contribution in [2.75, 3.05) is 13.8 Å². The number of methoxy groups -OCH3 is 1. The van der Waals surface area contributed by atoms with Crippen LogP contribution in [0.2, 0.25) is 0 Å². The van der Waals surface area contributed by atoms with Crippen LogP contribution >= 0.6 is 0 Å². The second-order valence-corrected chi connectivity index (χ2v) is 8.73. The van der Waals surface area contributed by atoms with Gasteiger partial charge < -0.3 is 23.2 Å². The SMILES string of the molecule is COc1ccc2c(c1)c(/C=C1\Oc3c4c(cc(C)c3C1=O)OCN(Cc1ccco1)C4)cn2C. The van der Waals surface area contributed by atoms with E-state index < -0.39 is 0 Å². The molecular formula is C27H24N2O5. The quantitative estimate of drug-likeness (QED) is 0.400. The van der Waals surface area contributed by atoms with Crippen LogP contribution in [0.5, 0.6) is 17.2 Å². The maximum absolute atomic E-state index is 13.4. The Kier molecular flexibility index (Phi) is 4.74. The molecule has 4 heterocycles. The number of benzene rings is 2. The first-order valence-corrected chi connectivity index (χ1v) is 11.1. The molecule has 0 N–H and O–H groups in total. The predicted molar refractivity (Wildman–Crippen MR) is 127 cm³/mol. The van der Waals surface area contributed by atoms with E-state index in [0.29, 0.717) is 36.9 Å². The summed E-state index contributed by atoms with van der Waals surface area (Å²) >= 11 is 0. The molecule has 0 radical (unpaired) electrons. The molecule has 2 aliphatic heterocycles. The van der Waals surface area contributed by atoms with Crippen molar-refractivity contribution in [3.05, 3.63) is 82.6 Å². The maximum Gasteiger partial charge on any atom is 0.232 e. The molecular weight excluding hydrogens is 432 g/mol. The van der Waals surface area contributed by atoms with Gasteiger partial charge in [-0.15, -0.1) is 0 Å². The second kappa shape index (κ2) is 7.81. The van der Waals surface area contributed by atoms with E-state index in [1.807, 2.05) is 67.2 Å². The summed E-state index contributed by atoms with van der Waals surface area (Å²) in [6.07, 6.45) is 5.48. The smallest absolute Gasteiger partial charge is 0.232 e. The number of furan rings is 1. The number of aromatic nitrogens is 1. The largest absolute Gasteiger partial charge is 0.497 e. The summed E-state index contributed by atoms with van der Waals surface area (Å²) in [5.74, 6) is 3.17. The topological polar surface area (TPSA) is 66.1 Å². The van der Waals surface area contributed by atoms with Gasteiger partial charge in [-0.1, -0.05) is 0 Å². The summed E-state index contributed by atoms with van der Waals surface area (Å²) in [5, 5.41) is 0.994. The lowest BCUT2D eigenvalue weighted by molar-refractivity contribution is 0.0809. The number of carbonyl (C=O) groups is 1. The number of carbonyl (C=O) groups excluding carboxylic acids is 1. The van der Waals surface area contributed by atoms with Gasteiger partial charge in [-0.2, -0.15) is 0 Å². The molecule has 0 saturated heterocycles. The van der Waals surface area contributed by atoms with Crippen molar-refractivity contribution in [2.45, 2.75) is 20.0 Å². The van der Waals surface area contributed by atoms with Crippen LogP contribution in [-0.4, -0.2) is 29.1 Å². The number of Topliss-reactive ketones (excluding diaryl/α,β-unsaturated/α-hetero) is 1. The molecule has 2 aromatic carbocycles. The number of hydrogen-bond donors (Lipinski definition) is 0. The van der Waals surface area contributed by atoms with Gasteiger partial charge in [0, 0.05) is 36.3 Å². The van der Waals surface area contributed by atoms with Crippen molar-refractivity contribution >= 4 is 22.8 Å². The van der Waals surface area contributed by atoms with Gasteiger partial charge in [0.05, 0.1) is 31.0 Å². The van der Waals surface area contributed by atoms with Gasteiger partial charge in [0.15, 0.2) is 5.76 Å². The monoisotopic (exact) mass is 456 g/mol. The molecule has 0 amide bonds. The highest BCUT2D eigenvalue weighted by Gasteiger charge is 2.35. The molecule has 0 atom stereocenters. The van der Waals surface area contributed by atoms with E-state index in [4.69, 9.17) is 18.6 Å². The molecule has 0 fully saturated rings. The minimum atomic E-state index is -0.113. The zero-order valence-corrected chi connectivity index (χ0v) is 19.3. The highest BCUT2D eigenvalue weighted by Crippen LogP contribution is 2.44. The lowest BCUT2D eigenvalue weighted by atomic mass is 9.98. The van der Waals surface area contributed by atoms with Crippen LogP contribution in [0, 0.1) is 6.92 Å².